The van der Waals surface area contributed by atoms with Crippen LogP contribution in [0.15, 0.2) is 42.6 Å². The van der Waals surface area contributed by atoms with Gasteiger partial charge in [0.05, 0.1) is 12.0 Å². The van der Waals surface area contributed by atoms with Gasteiger partial charge < -0.3 is 9.47 Å². The molecule has 0 aliphatic rings. The summed E-state index contributed by atoms with van der Waals surface area (Å²) in [6.45, 7) is 9.70. The monoisotopic (exact) mass is 378 g/mol. The highest BCUT2D eigenvalue weighted by Gasteiger charge is 2.31. The van der Waals surface area contributed by atoms with E-state index in [0.717, 1.165) is 11.3 Å². The van der Waals surface area contributed by atoms with Crippen LogP contribution in [0.2, 0.25) is 0 Å². The van der Waals surface area contributed by atoms with E-state index in [1.807, 2.05) is 43.1 Å². The molecule has 142 valence electrons. The number of halogens is 2. The van der Waals surface area contributed by atoms with Crippen LogP contribution < -0.4 is 0 Å². The third kappa shape index (κ3) is 5.34. The van der Waals surface area contributed by atoms with Gasteiger partial charge in [-0.15, -0.1) is 11.6 Å². The molecule has 0 atom stereocenters. The Labute approximate surface area is 160 Å². The predicted octanol–water partition coefficient (Wildman–Crippen LogP) is 4.93. The van der Waals surface area contributed by atoms with Crippen molar-refractivity contribution in [3.05, 3.63) is 59.7 Å². The van der Waals surface area contributed by atoms with Gasteiger partial charge in [-0.3, -0.25) is 4.79 Å². The third-order valence-corrected chi connectivity index (χ3v) is 4.97. The van der Waals surface area contributed by atoms with Crippen molar-refractivity contribution in [2.75, 3.05) is 12.4 Å². The zero-order chi connectivity index (χ0) is 19.3. The van der Waals surface area contributed by atoms with Gasteiger partial charge in [-0.1, -0.05) is 26.0 Å². The van der Waals surface area contributed by atoms with Crippen LogP contribution in [0, 0.1) is 17.2 Å². The number of amides is 1. The SMILES string of the molecule is CC(C)CN(Cc1cccn1Cc1cccc(F)c1)C(=O)C(C)(C)CCl. The van der Waals surface area contributed by atoms with Crippen LogP contribution in [-0.2, 0) is 17.9 Å². The molecule has 1 aromatic carbocycles. The zero-order valence-electron chi connectivity index (χ0n) is 16.0. The molecule has 0 spiro atoms. The lowest BCUT2D eigenvalue weighted by Crippen LogP contribution is -2.43. The van der Waals surface area contributed by atoms with E-state index in [1.165, 1.54) is 12.1 Å². The number of alkyl halides is 1. The van der Waals surface area contributed by atoms with Crippen LogP contribution in [0.1, 0.15) is 39.0 Å². The molecular weight excluding hydrogens is 351 g/mol. The summed E-state index contributed by atoms with van der Waals surface area (Å²) in [7, 11) is 0. The normalized spacial score (nSPS) is 11.8. The molecule has 0 saturated heterocycles. The van der Waals surface area contributed by atoms with Crippen molar-refractivity contribution < 1.29 is 9.18 Å². The van der Waals surface area contributed by atoms with Gasteiger partial charge in [0.25, 0.3) is 0 Å². The largest absolute Gasteiger partial charge is 0.345 e. The van der Waals surface area contributed by atoms with E-state index in [4.69, 9.17) is 11.6 Å². The molecule has 0 saturated carbocycles. The lowest BCUT2D eigenvalue weighted by atomic mass is 9.93. The predicted molar refractivity (Wildman–Crippen MR) is 105 cm³/mol. The highest BCUT2D eigenvalue weighted by Crippen LogP contribution is 2.23. The first-order chi connectivity index (χ1) is 12.2. The van der Waals surface area contributed by atoms with Crippen molar-refractivity contribution >= 4 is 17.5 Å². The number of nitrogens with zero attached hydrogens (tertiary/aromatic N) is 2. The van der Waals surface area contributed by atoms with Crippen molar-refractivity contribution in [2.45, 2.75) is 40.8 Å². The molecule has 26 heavy (non-hydrogen) atoms. The van der Waals surface area contributed by atoms with Crippen molar-refractivity contribution in [3.8, 4) is 0 Å². The molecule has 3 nitrogen and oxygen atoms in total. The minimum Gasteiger partial charge on any atom is -0.345 e. The summed E-state index contributed by atoms with van der Waals surface area (Å²) >= 11 is 6.02. The van der Waals surface area contributed by atoms with E-state index < -0.39 is 5.41 Å². The van der Waals surface area contributed by atoms with Crippen molar-refractivity contribution in [1.82, 2.24) is 9.47 Å². The molecule has 0 fully saturated rings. The van der Waals surface area contributed by atoms with Crippen LogP contribution in [0.3, 0.4) is 0 Å². The maximum Gasteiger partial charge on any atom is 0.229 e. The Morgan fingerprint density at radius 2 is 2.00 bits per heavy atom. The van der Waals surface area contributed by atoms with Gasteiger partial charge in [0.15, 0.2) is 0 Å². The summed E-state index contributed by atoms with van der Waals surface area (Å²) in [6, 6.07) is 10.6. The lowest BCUT2D eigenvalue weighted by molar-refractivity contribution is -0.140. The van der Waals surface area contributed by atoms with E-state index in [-0.39, 0.29) is 17.6 Å². The van der Waals surface area contributed by atoms with Crippen LogP contribution in [0.5, 0.6) is 0 Å². The Bertz CT molecular complexity index is 739. The third-order valence-electron chi connectivity index (χ3n) is 4.30. The van der Waals surface area contributed by atoms with Gasteiger partial charge in [0.1, 0.15) is 5.82 Å². The van der Waals surface area contributed by atoms with E-state index >= 15 is 0 Å². The lowest BCUT2D eigenvalue weighted by Gasteiger charge is -2.32. The second kappa shape index (κ2) is 8.72. The second-order valence-corrected chi connectivity index (χ2v) is 8.12. The first-order valence-electron chi connectivity index (χ1n) is 8.96. The van der Waals surface area contributed by atoms with Crippen molar-refractivity contribution in [3.63, 3.8) is 0 Å². The fourth-order valence-electron chi connectivity index (χ4n) is 2.92. The quantitative estimate of drug-likeness (QED) is 0.598. The number of hydrogen-bond donors (Lipinski definition) is 0. The second-order valence-electron chi connectivity index (χ2n) is 7.85. The fourth-order valence-corrected chi connectivity index (χ4v) is 3.03. The molecule has 0 unspecified atom stereocenters. The van der Waals surface area contributed by atoms with Crippen molar-refractivity contribution in [2.24, 2.45) is 11.3 Å². The zero-order valence-corrected chi connectivity index (χ0v) is 16.8. The Morgan fingerprint density at radius 1 is 1.27 bits per heavy atom. The average Bonchev–Trinajstić information content (AvgIpc) is 3.00. The van der Waals surface area contributed by atoms with Crippen LogP contribution in [0.4, 0.5) is 4.39 Å². The topological polar surface area (TPSA) is 25.2 Å². The molecule has 1 aromatic heterocycles. The molecule has 1 heterocycles. The number of carbonyl (C=O) groups excluding carboxylic acids is 1. The van der Waals surface area contributed by atoms with Crippen LogP contribution in [0.25, 0.3) is 0 Å². The Balaban J connectivity index is 2.21. The summed E-state index contributed by atoms with van der Waals surface area (Å²) in [5.74, 6) is 0.457. The van der Waals surface area contributed by atoms with E-state index in [0.29, 0.717) is 25.6 Å². The Kier molecular flexibility index (Phi) is 6.87. The minimum absolute atomic E-state index is 0.0553. The smallest absolute Gasteiger partial charge is 0.229 e. The van der Waals surface area contributed by atoms with E-state index in [9.17, 15) is 9.18 Å². The van der Waals surface area contributed by atoms with Gasteiger partial charge in [-0.05, 0) is 49.6 Å². The summed E-state index contributed by atoms with van der Waals surface area (Å²) in [4.78, 5) is 14.8. The number of rotatable bonds is 8. The molecule has 0 N–H and O–H groups in total. The highest BCUT2D eigenvalue weighted by molar-refractivity contribution is 6.19. The van der Waals surface area contributed by atoms with Gasteiger partial charge in [0, 0.05) is 30.9 Å². The highest BCUT2D eigenvalue weighted by atomic mass is 35.5. The summed E-state index contributed by atoms with van der Waals surface area (Å²) < 4.78 is 15.5. The molecule has 0 radical (unpaired) electrons. The molecule has 2 rings (SSSR count). The molecule has 5 heteroatoms. The maximum absolute atomic E-state index is 13.5. The summed E-state index contributed by atoms with van der Waals surface area (Å²) in [5.41, 5.74) is 1.31. The number of benzene rings is 1. The first-order valence-corrected chi connectivity index (χ1v) is 9.50. The van der Waals surface area contributed by atoms with Gasteiger partial charge >= 0.3 is 0 Å². The average molecular weight is 379 g/mol. The van der Waals surface area contributed by atoms with Crippen molar-refractivity contribution in [1.29, 1.82) is 0 Å². The molecular formula is C21H28ClFN2O. The standard InChI is InChI=1S/C21H28ClFN2O/c1-16(2)12-25(20(26)21(3,4)15-22)14-19-9-6-10-24(19)13-17-7-5-8-18(23)11-17/h5-11,16H,12-15H2,1-4H3. The maximum atomic E-state index is 13.5. The van der Waals surface area contributed by atoms with E-state index in [2.05, 4.69) is 18.4 Å². The van der Waals surface area contributed by atoms with Gasteiger partial charge in [0.2, 0.25) is 5.91 Å². The molecule has 0 aliphatic heterocycles. The van der Waals surface area contributed by atoms with Crippen LogP contribution in [-0.4, -0.2) is 27.8 Å². The summed E-state index contributed by atoms with van der Waals surface area (Å²) in [6.07, 6.45) is 1.96. The summed E-state index contributed by atoms with van der Waals surface area (Å²) in [5, 5.41) is 0. The number of hydrogen-bond acceptors (Lipinski definition) is 1. The molecule has 2 aromatic rings. The Hall–Kier alpha value is -1.81. The molecule has 0 aliphatic carbocycles. The van der Waals surface area contributed by atoms with Crippen LogP contribution >= 0.6 is 11.6 Å². The minimum atomic E-state index is -0.601. The van der Waals surface area contributed by atoms with Gasteiger partial charge in [-0.25, -0.2) is 4.39 Å². The number of carbonyl (C=O) groups is 1. The van der Waals surface area contributed by atoms with E-state index in [1.54, 1.807) is 6.07 Å². The molecule has 0 bridgehead atoms. The first kappa shape index (κ1) is 20.5. The number of aromatic nitrogens is 1. The Morgan fingerprint density at radius 3 is 2.62 bits per heavy atom. The molecule has 1 amide bonds. The fraction of sp³-hybridized carbons (Fsp3) is 0.476. The van der Waals surface area contributed by atoms with Gasteiger partial charge in [-0.2, -0.15) is 0 Å².